The molecule has 92 valence electrons. The summed E-state index contributed by atoms with van der Waals surface area (Å²) >= 11 is 9.06. The molecule has 0 aromatic rings. The van der Waals surface area contributed by atoms with Gasteiger partial charge in [0.25, 0.3) is 0 Å². The lowest BCUT2D eigenvalue weighted by molar-refractivity contribution is 0.117. The van der Waals surface area contributed by atoms with Crippen LogP contribution in [0, 0.1) is 0 Å². The van der Waals surface area contributed by atoms with E-state index in [-0.39, 0.29) is 0 Å². The van der Waals surface area contributed by atoms with Crippen LogP contribution in [0.1, 0.15) is 32.6 Å². The van der Waals surface area contributed by atoms with Crippen LogP contribution >= 0.6 is 25.3 Å². The quantitative estimate of drug-likeness (QED) is 0.307. The molecule has 0 spiro atoms. The summed E-state index contributed by atoms with van der Waals surface area (Å²) in [4.78, 5) is 0. The van der Waals surface area contributed by atoms with E-state index in [9.17, 15) is 0 Å². The van der Waals surface area contributed by atoms with Crippen molar-refractivity contribution in [1.82, 2.24) is 0 Å². The third-order valence-electron chi connectivity index (χ3n) is 2.43. The Labute approximate surface area is 105 Å². The van der Waals surface area contributed by atoms with Crippen molar-refractivity contribution >= 4 is 34.1 Å². The molecule has 0 rings (SSSR count). The molecule has 0 saturated carbocycles. The van der Waals surface area contributed by atoms with Crippen molar-refractivity contribution in [3.05, 3.63) is 0 Å². The Bertz CT molecular complexity index is 166. The molecule has 0 heterocycles. The summed E-state index contributed by atoms with van der Waals surface area (Å²) in [5.74, 6) is 0. The summed E-state index contributed by atoms with van der Waals surface area (Å²) in [7, 11) is 1.98. The van der Waals surface area contributed by atoms with E-state index in [1.54, 1.807) is 21.3 Å². The van der Waals surface area contributed by atoms with Crippen LogP contribution in [0.15, 0.2) is 0 Å². The maximum absolute atomic E-state index is 5.37. The van der Waals surface area contributed by atoms with E-state index in [4.69, 9.17) is 13.3 Å². The van der Waals surface area contributed by atoms with Gasteiger partial charge >= 0.3 is 8.80 Å². The number of thiol groups is 2. The van der Waals surface area contributed by atoms with Gasteiger partial charge in [0.05, 0.1) is 0 Å². The maximum Gasteiger partial charge on any atom is 0.527 e. The Morgan fingerprint density at radius 1 is 1.00 bits per heavy atom. The predicted molar refractivity (Wildman–Crippen MR) is 71.6 cm³/mol. The molecule has 0 bridgehead atoms. The van der Waals surface area contributed by atoms with Crippen molar-refractivity contribution in [3.63, 3.8) is 0 Å². The van der Waals surface area contributed by atoms with Gasteiger partial charge in [-0.25, -0.2) is 0 Å². The van der Waals surface area contributed by atoms with Crippen LogP contribution in [0.2, 0.25) is 0 Å². The van der Waals surface area contributed by atoms with Crippen molar-refractivity contribution in [2.24, 2.45) is 0 Å². The standard InChI is InChI=1S/C9H22O3S2Si/c1-5-6-7-8-9(13,14)15(10-2,11-3)12-4/h13-14H,5-8H2,1-4H3. The molecule has 6 heteroatoms. The summed E-state index contributed by atoms with van der Waals surface area (Å²) in [5.41, 5.74) is 0. The molecule has 3 nitrogen and oxygen atoms in total. The Balaban J connectivity index is 4.48. The first kappa shape index (κ1) is 15.8. The fourth-order valence-corrected chi connectivity index (χ4v) is 5.44. The van der Waals surface area contributed by atoms with Gasteiger partial charge in [0.15, 0.2) is 0 Å². The molecular formula is C9H22O3S2Si. The van der Waals surface area contributed by atoms with Crippen LogP contribution in [0.5, 0.6) is 0 Å². The van der Waals surface area contributed by atoms with E-state index < -0.39 is 12.5 Å². The van der Waals surface area contributed by atoms with Gasteiger partial charge in [0.2, 0.25) is 0 Å². The highest BCUT2D eigenvalue weighted by molar-refractivity contribution is 8.03. The highest BCUT2D eigenvalue weighted by Gasteiger charge is 2.55. The van der Waals surface area contributed by atoms with Crippen LogP contribution in [-0.2, 0) is 13.3 Å². The topological polar surface area (TPSA) is 27.7 Å². The summed E-state index contributed by atoms with van der Waals surface area (Å²) in [6, 6.07) is 0. The number of hydrogen-bond donors (Lipinski definition) is 2. The molecule has 0 unspecified atom stereocenters. The van der Waals surface area contributed by atoms with Gasteiger partial charge in [-0.05, 0) is 6.42 Å². The third-order valence-corrected chi connectivity index (χ3v) is 7.36. The van der Waals surface area contributed by atoms with E-state index in [0.717, 1.165) is 19.3 Å². The lowest BCUT2D eigenvalue weighted by Gasteiger charge is -2.36. The molecule has 0 atom stereocenters. The van der Waals surface area contributed by atoms with E-state index in [1.807, 2.05) is 0 Å². The molecule has 0 radical (unpaired) electrons. The summed E-state index contributed by atoms with van der Waals surface area (Å²) in [6.45, 7) is 2.16. The minimum absolute atomic E-state index is 0.625. The second-order valence-electron chi connectivity index (χ2n) is 3.44. The van der Waals surface area contributed by atoms with Crippen LogP contribution in [0.4, 0.5) is 0 Å². The Kier molecular flexibility index (Phi) is 7.57. The largest absolute Gasteiger partial charge is 0.527 e. The smallest absolute Gasteiger partial charge is 0.376 e. The Hall–Kier alpha value is 0.797. The van der Waals surface area contributed by atoms with Gasteiger partial charge < -0.3 is 13.3 Å². The minimum atomic E-state index is -2.77. The lowest BCUT2D eigenvalue weighted by Crippen LogP contribution is -2.58. The third kappa shape index (κ3) is 3.94. The minimum Gasteiger partial charge on any atom is -0.376 e. The molecule has 0 aliphatic heterocycles. The number of unbranched alkanes of at least 4 members (excludes halogenated alkanes) is 2. The van der Waals surface area contributed by atoms with Gasteiger partial charge in [0.1, 0.15) is 3.70 Å². The maximum atomic E-state index is 5.37. The second kappa shape index (κ2) is 7.19. The van der Waals surface area contributed by atoms with Crippen molar-refractivity contribution < 1.29 is 13.3 Å². The van der Waals surface area contributed by atoms with Crippen LogP contribution < -0.4 is 0 Å². The average Bonchev–Trinajstić information content (AvgIpc) is 2.21. The molecular weight excluding hydrogens is 248 g/mol. The van der Waals surface area contributed by atoms with Gasteiger partial charge in [-0.1, -0.05) is 26.2 Å². The molecule has 0 aromatic carbocycles. The van der Waals surface area contributed by atoms with Crippen molar-refractivity contribution in [2.75, 3.05) is 21.3 Å². The first-order valence-corrected chi connectivity index (χ1v) is 7.71. The van der Waals surface area contributed by atoms with E-state index in [2.05, 4.69) is 32.2 Å². The van der Waals surface area contributed by atoms with Crippen LogP contribution in [0.25, 0.3) is 0 Å². The first-order valence-electron chi connectivity index (χ1n) is 5.09. The highest BCUT2D eigenvalue weighted by Crippen LogP contribution is 2.37. The molecule has 0 aromatic heterocycles. The molecule has 0 aliphatic carbocycles. The van der Waals surface area contributed by atoms with Crippen molar-refractivity contribution in [2.45, 2.75) is 36.3 Å². The summed E-state index contributed by atoms with van der Waals surface area (Å²) in [6.07, 6.45) is 4.19. The molecule has 0 saturated heterocycles. The summed E-state index contributed by atoms with van der Waals surface area (Å²) < 4.78 is 15.5. The molecule has 0 amide bonds. The van der Waals surface area contributed by atoms with Crippen molar-refractivity contribution in [3.8, 4) is 0 Å². The number of hydrogen-bond acceptors (Lipinski definition) is 5. The summed E-state index contributed by atoms with van der Waals surface area (Å²) in [5, 5.41) is 0. The normalized spacial score (nSPS) is 13.2. The average molecular weight is 270 g/mol. The lowest BCUT2D eigenvalue weighted by atomic mass is 10.2. The van der Waals surface area contributed by atoms with Gasteiger partial charge in [0, 0.05) is 21.3 Å². The van der Waals surface area contributed by atoms with Gasteiger partial charge in [-0.3, -0.25) is 0 Å². The Morgan fingerprint density at radius 3 is 1.80 bits per heavy atom. The second-order valence-corrected chi connectivity index (χ2v) is 9.35. The van der Waals surface area contributed by atoms with E-state index >= 15 is 0 Å². The molecule has 0 aliphatic rings. The Morgan fingerprint density at radius 2 is 1.47 bits per heavy atom. The zero-order valence-electron chi connectivity index (χ0n) is 9.95. The van der Waals surface area contributed by atoms with Gasteiger partial charge in [-0.2, -0.15) is 25.3 Å². The fraction of sp³-hybridized carbons (Fsp3) is 1.00. The van der Waals surface area contributed by atoms with E-state index in [1.165, 1.54) is 6.42 Å². The molecule has 0 N–H and O–H groups in total. The zero-order valence-corrected chi connectivity index (χ0v) is 12.7. The first-order chi connectivity index (χ1) is 6.99. The predicted octanol–water partition coefficient (Wildman–Crippen LogP) is 2.54. The fourth-order valence-electron chi connectivity index (χ4n) is 1.51. The highest BCUT2D eigenvalue weighted by atomic mass is 32.2. The van der Waals surface area contributed by atoms with E-state index in [0.29, 0.717) is 0 Å². The van der Waals surface area contributed by atoms with Crippen LogP contribution in [0.3, 0.4) is 0 Å². The molecule has 0 fully saturated rings. The van der Waals surface area contributed by atoms with Crippen molar-refractivity contribution in [1.29, 1.82) is 0 Å². The monoisotopic (exact) mass is 270 g/mol. The number of rotatable bonds is 8. The zero-order chi connectivity index (χ0) is 11.9. The molecule has 15 heavy (non-hydrogen) atoms. The van der Waals surface area contributed by atoms with Crippen LogP contribution in [-0.4, -0.2) is 33.8 Å². The van der Waals surface area contributed by atoms with Gasteiger partial charge in [-0.15, -0.1) is 0 Å². The SMILES string of the molecule is CCCCCC(S)(S)[Si](OC)(OC)OC.